The molecule has 4 heterocycles. The number of fused-ring (bicyclic) bond motifs is 1. The number of aromatic nitrogens is 2. The predicted molar refractivity (Wildman–Crippen MR) is 102 cm³/mol. The van der Waals surface area contributed by atoms with E-state index in [4.69, 9.17) is 25.5 Å². The Morgan fingerprint density at radius 2 is 2.07 bits per heavy atom. The maximum atomic E-state index is 6.48. The molecule has 0 radical (unpaired) electrons. The topological polar surface area (TPSA) is 60.6 Å². The molecule has 6 nitrogen and oxygen atoms in total. The number of nitrogens with zero attached hydrogens (tertiary/aromatic N) is 3. The van der Waals surface area contributed by atoms with Crippen LogP contribution in [0.15, 0.2) is 33.4 Å². The minimum atomic E-state index is 0.0973. The highest BCUT2D eigenvalue weighted by molar-refractivity contribution is 7.08. The lowest BCUT2D eigenvalue weighted by atomic mass is 10.0. The van der Waals surface area contributed by atoms with Crippen LogP contribution in [0.3, 0.4) is 0 Å². The number of halogens is 1. The fourth-order valence-electron chi connectivity index (χ4n) is 3.63. The van der Waals surface area contributed by atoms with Crippen LogP contribution in [0.2, 0.25) is 5.02 Å². The quantitative estimate of drug-likeness (QED) is 0.617. The van der Waals surface area contributed by atoms with Gasteiger partial charge < -0.3 is 13.9 Å². The summed E-state index contributed by atoms with van der Waals surface area (Å²) in [4.78, 5) is 2.36. The molecule has 3 aromatic rings. The van der Waals surface area contributed by atoms with Gasteiger partial charge in [0, 0.05) is 28.6 Å². The average molecular weight is 404 g/mol. The van der Waals surface area contributed by atoms with Crippen LogP contribution in [0.4, 0.5) is 0 Å². The molecule has 2 aromatic heterocycles. The highest BCUT2D eigenvalue weighted by Crippen LogP contribution is 2.39. The molecule has 1 aromatic carbocycles. The number of hydrogen-bond acceptors (Lipinski definition) is 7. The number of hydrogen-bond donors (Lipinski definition) is 0. The third kappa shape index (κ3) is 3.31. The highest BCUT2D eigenvalue weighted by Gasteiger charge is 2.30. The first-order valence-corrected chi connectivity index (χ1v) is 10.3. The summed E-state index contributed by atoms with van der Waals surface area (Å²) in [5.74, 6) is 2.71. The van der Waals surface area contributed by atoms with E-state index in [2.05, 4.69) is 15.1 Å². The molecule has 27 heavy (non-hydrogen) atoms. The molecule has 2 aliphatic heterocycles. The first-order valence-electron chi connectivity index (χ1n) is 8.96. The maximum absolute atomic E-state index is 6.48. The largest absolute Gasteiger partial charge is 0.454 e. The van der Waals surface area contributed by atoms with Crippen molar-refractivity contribution < 1.29 is 13.9 Å². The number of rotatable bonds is 4. The summed E-state index contributed by atoms with van der Waals surface area (Å²) in [6.07, 6.45) is 3.28. The molecule has 1 atom stereocenters. The minimum absolute atomic E-state index is 0.0973. The maximum Gasteiger partial charge on any atom is 0.248 e. The van der Waals surface area contributed by atoms with Crippen LogP contribution >= 0.6 is 22.9 Å². The van der Waals surface area contributed by atoms with Crippen molar-refractivity contribution >= 4 is 22.9 Å². The van der Waals surface area contributed by atoms with Gasteiger partial charge in [-0.25, -0.2) is 0 Å². The molecule has 0 N–H and O–H groups in total. The molecule has 1 fully saturated rings. The van der Waals surface area contributed by atoms with Crippen molar-refractivity contribution in [2.75, 3.05) is 13.3 Å². The van der Waals surface area contributed by atoms with Crippen LogP contribution in [0.5, 0.6) is 11.5 Å². The number of piperidine rings is 1. The summed E-state index contributed by atoms with van der Waals surface area (Å²) >= 11 is 8.10. The first-order chi connectivity index (χ1) is 13.3. The van der Waals surface area contributed by atoms with E-state index in [1.807, 2.05) is 29.0 Å². The predicted octanol–water partition coefficient (Wildman–Crippen LogP) is 4.91. The van der Waals surface area contributed by atoms with Crippen LogP contribution < -0.4 is 9.47 Å². The van der Waals surface area contributed by atoms with Gasteiger partial charge in [0.25, 0.3) is 0 Å². The second-order valence-electron chi connectivity index (χ2n) is 6.74. The lowest BCUT2D eigenvalue weighted by Gasteiger charge is -2.33. The molecule has 8 heteroatoms. The van der Waals surface area contributed by atoms with Crippen molar-refractivity contribution in [2.45, 2.75) is 31.8 Å². The zero-order valence-corrected chi connectivity index (χ0v) is 16.1. The molecular formula is C19H18ClN3O3S. The van der Waals surface area contributed by atoms with Gasteiger partial charge >= 0.3 is 0 Å². The molecule has 1 unspecified atom stereocenters. The fourth-order valence-corrected chi connectivity index (χ4v) is 4.47. The van der Waals surface area contributed by atoms with E-state index in [0.29, 0.717) is 29.1 Å². The number of likely N-dealkylation sites (tertiary alicyclic amines) is 1. The lowest BCUT2D eigenvalue weighted by Crippen LogP contribution is -2.33. The van der Waals surface area contributed by atoms with E-state index in [1.165, 1.54) is 0 Å². The molecule has 140 valence electrons. The number of benzene rings is 1. The highest BCUT2D eigenvalue weighted by atomic mass is 35.5. The van der Waals surface area contributed by atoms with Crippen molar-refractivity contribution in [1.82, 2.24) is 15.1 Å². The van der Waals surface area contributed by atoms with Gasteiger partial charge in [-0.2, -0.15) is 11.3 Å². The molecule has 0 aliphatic carbocycles. The van der Waals surface area contributed by atoms with E-state index in [-0.39, 0.29) is 12.8 Å². The normalized spacial score (nSPS) is 19.5. The van der Waals surface area contributed by atoms with Gasteiger partial charge in [-0.1, -0.05) is 18.0 Å². The Morgan fingerprint density at radius 1 is 1.19 bits per heavy atom. The van der Waals surface area contributed by atoms with Crippen LogP contribution in [0.25, 0.3) is 11.5 Å². The standard InChI is InChI=1S/C19H18ClN3O3S/c20-14-8-17-16(24-11-25-17)7-13(14)9-23-5-2-1-3-15(23)19-22-21-18(26-19)12-4-6-27-10-12/h4,6-8,10,15H,1-3,5,9,11H2. The van der Waals surface area contributed by atoms with Gasteiger partial charge in [-0.3, -0.25) is 4.90 Å². The van der Waals surface area contributed by atoms with E-state index >= 15 is 0 Å². The summed E-state index contributed by atoms with van der Waals surface area (Å²) in [5.41, 5.74) is 1.99. The summed E-state index contributed by atoms with van der Waals surface area (Å²) < 4.78 is 16.9. The van der Waals surface area contributed by atoms with Gasteiger partial charge in [-0.05, 0) is 42.5 Å². The number of thiophene rings is 1. The van der Waals surface area contributed by atoms with Crippen LogP contribution in [-0.2, 0) is 6.54 Å². The summed E-state index contributed by atoms with van der Waals surface area (Å²) in [5, 5.41) is 13.3. The number of ether oxygens (including phenoxy) is 2. The average Bonchev–Trinajstić information content (AvgIpc) is 3.43. The molecule has 0 saturated carbocycles. The molecule has 0 bridgehead atoms. The minimum Gasteiger partial charge on any atom is -0.454 e. The molecule has 5 rings (SSSR count). The second kappa shape index (κ2) is 7.14. The zero-order valence-electron chi connectivity index (χ0n) is 14.6. The second-order valence-corrected chi connectivity index (χ2v) is 7.92. The van der Waals surface area contributed by atoms with E-state index in [0.717, 1.165) is 42.7 Å². The van der Waals surface area contributed by atoms with Gasteiger partial charge in [0.2, 0.25) is 18.6 Å². The molecule has 0 amide bonds. The van der Waals surface area contributed by atoms with Crippen molar-refractivity contribution in [3.63, 3.8) is 0 Å². The Hall–Kier alpha value is -2.09. The Labute approximate surface area is 165 Å². The third-order valence-corrected chi connectivity index (χ3v) is 6.06. The van der Waals surface area contributed by atoms with Gasteiger partial charge in [-0.15, -0.1) is 10.2 Å². The van der Waals surface area contributed by atoms with E-state index in [1.54, 1.807) is 11.3 Å². The van der Waals surface area contributed by atoms with Crippen molar-refractivity contribution in [3.05, 3.63) is 45.4 Å². The monoisotopic (exact) mass is 403 g/mol. The van der Waals surface area contributed by atoms with Crippen LogP contribution in [-0.4, -0.2) is 28.4 Å². The van der Waals surface area contributed by atoms with Gasteiger partial charge in [0.15, 0.2) is 11.5 Å². The third-order valence-electron chi connectivity index (χ3n) is 5.02. The lowest BCUT2D eigenvalue weighted by molar-refractivity contribution is 0.118. The van der Waals surface area contributed by atoms with Crippen LogP contribution in [0.1, 0.15) is 36.8 Å². The fraction of sp³-hybridized carbons (Fsp3) is 0.368. The smallest absolute Gasteiger partial charge is 0.248 e. The van der Waals surface area contributed by atoms with Crippen molar-refractivity contribution in [3.8, 4) is 23.0 Å². The SMILES string of the molecule is Clc1cc2c(cc1CN1CCCCC1c1nnc(-c3ccsc3)o1)OCO2. The zero-order chi connectivity index (χ0) is 18.2. The van der Waals surface area contributed by atoms with Crippen molar-refractivity contribution in [2.24, 2.45) is 0 Å². The Bertz CT molecular complexity index is 944. The van der Waals surface area contributed by atoms with Gasteiger partial charge in [0.05, 0.1) is 6.04 Å². The molecule has 0 spiro atoms. The van der Waals surface area contributed by atoms with Gasteiger partial charge in [0.1, 0.15) is 0 Å². The molecule has 2 aliphatic rings. The van der Waals surface area contributed by atoms with Crippen LogP contribution in [0, 0.1) is 0 Å². The van der Waals surface area contributed by atoms with E-state index < -0.39 is 0 Å². The Balaban J connectivity index is 1.40. The summed E-state index contributed by atoms with van der Waals surface area (Å²) in [6.45, 7) is 1.91. The Kier molecular flexibility index (Phi) is 4.51. The first kappa shape index (κ1) is 17.0. The van der Waals surface area contributed by atoms with Crippen molar-refractivity contribution in [1.29, 1.82) is 0 Å². The molecule has 1 saturated heterocycles. The summed E-state index contributed by atoms with van der Waals surface area (Å²) in [7, 11) is 0. The molecular weight excluding hydrogens is 386 g/mol. The Morgan fingerprint density at radius 3 is 2.93 bits per heavy atom. The van der Waals surface area contributed by atoms with E-state index in [9.17, 15) is 0 Å². The summed E-state index contributed by atoms with van der Waals surface area (Å²) in [6, 6.07) is 5.90.